The van der Waals surface area contributed by atoms with Crippen LogP contribution in [0.5, 0.6) is 0 Å². The summed E-state index contributed by atoms with van der Waals surface area (Å²) in [6.07, 6.45) is 5.04. The number of hydrogen-bond acceptors (Lipinski definition) is 3. The lowest BCUT2D eigenvalue weighted by Crippen LogP contribution is -2.35. The molecule has 0 bridgehead atoms. The molecule has 5 heteroatoms. The summed E-state index contributed by atoms with van der Waals surface area (Å²) in [6.45, 7) is 1.18. The van der Waals surface area contributed by atoms with Crippen molar-refractivity contribution in [2.24, 2.45) is 0 Å². The van der Waals surface area contributed by atoms with E-state index in [0.29, 0.717) is 24.2 Å². The van der Waals surface area contributed by atoms with Gasteiger partial charge in [-0.2, -0.15) is 5.26 Å². The monoisotopic (exact) mass is 299 g/mol. The molecule has 5 nitrogen and oxygen atoms in total. The zero-order valence-electron chi connectivity index (χ0n) is 12.7. The molecule has 0 saturated carbocycles. The first-order valence-corrected chi connectivity index (χ1v) is 7.77. The second kappa shape index (κ2) is 8.18. The summed E-state index contributed by atoms with van der Waals surface area (Å²) in [6, 6.07) is 8.95. The number of rotatable bonds is 4. The normalized spacial score (nSPS) is 15.6. The van der Waals surface area contributed by atoms with Crippen molar-refractivity contribution >= 4 is 17.5 Å². The molecule has 22 heavy (non-hydrogen) atoms. The summed E-state index contributed by atoms with van der Waals surface area (Å²) in [7, 11) is 0. The number of amides is 2. The molecule has 1 aliphatic rings. The van der Waals surface area contributed by atoms with Crippen LogP contribution >= 0.6 is 0 Å². The van der Waals surface area contributed by atoms with Gasteiger partial charge >= 0.3 is 0 Å². The van der Waals surface area contributed by atoms with Gasteiger partial charge in [-0.05, 0) is 25.0 Å². The largest absolute Gasteiger partial charge is 0.342 e. The molecule has 1 N–H and O–H groups in total. The molecule has 0 atom stereocenters. The highest BCUT2D eigenvalue weighted by molar-refractivity contribution is 5.92. The molecular weight excluding hydrogens is 278 g/mol. The van der Waals surface area contributed by atoms with Gasteiger partial charge in [0.05, 0.1) is 11.3 Å². The molecule has 1 saturated heterocycles. The molecule has 2 rings (SSSR count). The maximum Gasteiger partial charge on any atom is 0.226 e. The van der Waals surface area contributed by atoms with Gasteiger partial charge in [-0.15, -0.1) is 0 Å². The predicted molar refractivity (Wildman–Crippen MR) is 84.1 cm³/mol. The van der Waals surface area contributed by atoms with Gasteiger partial charge < -0.3 is 10.2 Å². The number of likely N-dealkylation sites (tertiary alicyclic amines) is 1. The highest BCUT2D eigenvalue weighted by Crippen LogP contribution is 2.15. The molecule has 0 aliphatic carbocycles. The number of nitrogens with zero attached hydrogens (tertiary/aromatic N) is 2. The summed E-state index contributed by atoms with van der Waals surface area (Å²) in [5.74, 6) is -0.0255. The van der Waals surface area contributed by atoms with Gasteiger partial charge in [0.1, 0.15) is 6.07 Å². The van der Waals surface area contributed by atoms with Crippen molar-refractivity contribution in [1.29, 1.82) is 5.26 Å². The van der Waals surface area contributed by atoms with E-state index in [0.717, 1.165) is 32.2 Å². The van der Waals surface area contributed by atoms with Crippen LogP contribution in [0.1, 0.15) is 44.1 Å². The van der Waals surface area contributed by atoms with E-state index in [9.17, 15) is 9.59 Å². The van der Waals surface area contributed by atoms with Gasteiger partial charge in [0.25, 0.3) is 0 Å². The standard InChI is InChI=1S/C17H21N3O2/c18-13-14-7-4-5-8-15(14)19-16(21)10-12-20-11-6-2-1-3-9-17(20)22/h4-5,7-8H,1-3,6,9-12H2,(H,19,21). The first kappa shape index (κ1) is 16.0. The van der Waals surface area contributed by atoms with Crippen molar-refractivity contribution in [2.75, 3.05) is 18.4 Å². The van der Waals surface area contributed by atoms with Crippen LogP contribution in [0, 0.1) is 11.3 Å². The number of nitriles is 1. The highest BCUT2D eigenvalue weighted by Gasteiger charge is 2.16. The molecule has 116 valence electrons. The number of anilines is 1. The van der Waals surface area contributed by atoms with E-state index in [4.69, 9.17) is 5.26 Å². The van der Waals surface area contributed by atoms with Crippen molar-refractivity contribution in [3.8, 4) is 6.07 Å². The number of nitrogens with one attached hydrogen (secondary N) is 1. The zero-order chi connectivity index (χ0) is 15.8. The summed E-state index contributed by atoms with van der Waals surface area (Å²) < 4.78 is 0. The third kappa shape index (κ3) is 4.59. The third-order valence-corrected chi connectivity index (χ3v) is 3.85. The van der Waals surface area contributed by atoms with E-state index in [1.807, 2.05) is 6.07 Å². The zero-order valence-corrected chi connectivity index (χ0v) is 12.7. The topological polar surface area (TPSA) is 73.2 Å². The van der Waals surface area contributed by atoms with E-state index in [2.05, 4.69) is 5.32 Å². The van der Waals surface area contributed by atoms with E-state index >= 15 is 0 Å². The molecule has 1 heterocycles. The Bertz CT molecular complexity index is 578. The molecule has 0 unspecified atom stereocenters. The lowest BCUT2D eigenvalue weighted by Gasteiger charge is -2.24. The molecule has 1 aromatic rings. The number of benzene rings is 1. The molecule has 0 radical (unpaired) electrons. The maximum absolute atomic E-state index is 12.0. The van der Waals surface area contributed by atoms with E-state index in [1.165, 1.54) is 0 Å². The molecule has 0 aromatic heterocycles. The maximum atomic E-state index is 12.0. The van der Waals surface area contributed by atoms with Crippen molar-refractivity contribution in [2.45, 2.75) is 38.5 Å². The average Bonchev–Trinajstić information content (AvgIpc) is 2.51. The van der Waals surface area contributed by atoms with Crippen molar-refractivity contribution < 1.29 is 9.59 Å². The quantitative estimate of drug-likeness (QED) is 0.929. The number of para-hydroxylation sites is 1. The minimum absolute atomic E-state index is 0.143. The molecule has 1 fully saturated rings. The van der Waals surface area contributed by atoms with Gasteiger partial charge in [0.15, 0.2) is 0 Å². The van der Waals surface area contributed by atoms with Crippen molar-refractivity contribution in [3.63, 3.8) is 0 Å². The van der Waals surface area contributed by atoms with E-state index < -0.39 is 0 Å². The Morgan fingerprint density at radius 1 is 1.23 bits per heavy atom. The average molecular weight is 299 g/mol. The van der Waals surface area contributed by atoms with Gasteiger partial charge in [-0.25, -0.2) is 0 Å². The van der Waals surface area contributed by atoms with Crippen LogP contribution in [0.15, 0.2) is 24.3 Å². The van der Waals surface area contributed by atoms with Gasteiger partial charge in [0.2, 0.25) is 11.8 Å². The number of hydrogen-bond donors (Lipinski definition) is 1. The smallest absolute Gasteiger partial charge is 0.226 e. The van der Waals surface area contributed by atoms with Crippen molar-refractivity contribution in [3.05, 3.63) is 29.8 Å². The molecule has 2 amide bonds. The van der Waals surface area contributed by atoms with Crippen LogP contribution in [0.25, 0.3) is 0 Å². The Kier molecular flexibility index (Phi) is 5.96. The van der Waals surface area contributed by atoms with Crippen LogP contribution in [0.2, 0.25) is 0 Å². The SMILES string of the molecule is N#Cc1ccccc1NC(=O)CCN1CCCCCCC1=O. The van der Waals surface area contributed by atoms with Crippen molar-refractivity contribution in [1.82, 2.24) is 4.90 Å². The lowest BCUT2D eigenvalue weighted by molar-refractivity contribution is -0.132. The fourth-order valence-corrected chi connectivity index (χ4v) is 2.59. The minimum atomic E-state index is -0.169. The summed E-state index contributed by atoms with van der Waals surface area (Å²) >= 11 is 0. The molecule has 0 spiro atoms. The first-order chi connectivity index (χ1) is 10.7. The van der Waals surface area contributed by atoms with Gasteiger partial charge in [-0.1, -0.05) is 25.0 Å². The summed E-state index contributed by atoms with van der Waals surface area (Å²) in [5.41, 5.74) is 0.965. The Balaban J connectivity index is 1.86. The first-order valence-electron chi connectivity index (χ1n) is 7.77. The Labute approximate surface area is 130 Å². The molecule has 1 aromatic carbocycles. The van der Waals surface area contributed by atoms with Gasteiger partial charge in [-0.3, -0.25) is 9.59 Å². The summed E-state index contributed by atoms with van der Waals surface area (Å²) in [5, 5.41) is 11.7. The fourth-order valence-electron chi connectivity index (χ4n) is 2.59. The summed E-state index contributed by atoms with van der Waals surface area (Å²) in [4.78, 5) is 25.8. The number of carbonyl (C=O) groups excluding carboxylic acids is 2. The van der Waals surface area contributed by atoms with Gasteiger partial charge in [0, 0.05) is 25.9 Å². The Morgan fingerprint density at radius 3 is 2.82 bits per heavy atom. The van der Waals surface area contributed by atoms with Crippen LogP contribution < -0.4 is 5.32 Å². The van der Waals surface area contributed by atoms with Crippen LogP contribution in [0.3, 0.4) is 0 Å². The number of carbonyl (C=O) groups is 2. The second-order valence-electron chi connectivity index (χ2n) is 5.50. The minimum Gasteiger partial charge on any atom is -0.342 e. The molecular formula is C17H21N3O2. The van der Waals surface area contributed by atoms with E-state index in [-0.39, 0.29) is 18.2 Å². The van der Waals surface area contributed by atoms with Crippen LogP contribution in [-0.2, 0) is 9.59 Å². The third-order valence-electron chi connectivity index (χ3n) is 3.85. The molecule has 1 aliphatic heterocycles. The lowest BCUT2D eigenvalue weighted by atomic mass is 10.1. The second-order valence-corrected chi connectivity index (χ2v) is 5.50. The van der Waals surface area contributed by atoms with E-state index in [1.54, 1.807) is 29.2 Å². The Morgan fingerprint density at radius 2 is 2.00 bits per heavy atom. The fraction of sp³-hybridized carbons (Fsp3) is 0.471. The predicted octanol–water partition coefficient (Wildman–Crippen LogP) is 2.68. The van der Waals surface area contributed by atoms with Crippen LogP contribution in [-0.4, -0.2) is 29.8 Å². The van der Waals surface area contributed by atoms with Crippen LogP contribution in [0.4, 0.5) is 5.69 Å². The Hall–Kier alpha value is -2.35. The highest BCUT2D eigenvalue weighted by atomic mass is 16.2.